The van der Waals surface area contributed by atoms with Crippen molar-refractivity contribution < 1.29 is 13.2 Å². The van der Waals surface area contributed by atoms with Gasteiger partial charge in [0.1, 0.15) is 11.2 Å². The number of fused-ring (bicyclic) bond motifs is 1. The van der Waals surface area contributed by atoms with Crippen LogP contribution in [-0.2, 0) is 13.2 Å². The average Bonchev–Trinajstić information content (AvgIpc) is 3.17. The monoisotopic (exact) mass is 389 g/mol. The number of aromatic nitrogens is 3. The molecule has 2 N–H and O–H groups in total. The van der Waals surface area contributed by atoms with E-state index in [9.17, 15) is 18.0 Å². The maximum absolute atomic E-state index is 12.8. The molecule has 0 spiro atoms. The maximum atomic E-state index is 12.8. The highest BCUT2D eigenvalue weighted by molar-refractivity contribution is 5.98. The van der Waals surface area contributed by atoms with E-state index in [1.54, 1.807) is 13.2 Å². The first-order valence-corrected chi connectivity index (χ1v) is 8.84. The Morgan fingerprint density at radius 1 is 1.21 bits per heavy atom. The van der Waals surface area contributed by atoms with Crippen molar-refractivity contribution in [2.24, 2.45) is 7.05 Å². The molecule has 146 valence electrons. The summed E-state index contributed by atoms with van der Waals surface area (Å²) in [6.07, 6.45) is -0.554. The molecule has 0 bridgehead atoms. The fourth-order valence-electron chi connectivity index (χ4n) is 3.34. The van der Waals surface area contributed by atoms with Crippen LogP contribution in [0.25, 0.3) is 22.0 Å². The van der Waals surface area contributed by atoms with Crippen LogP contribution in [0.2, 0.25) is 0 Å². The van der Waals surface area contributed by atoms with Gasteiger partial charge in [0.25, 0.3) is 5.56 Å². The van der Waals surface area contributed by atoms with Gasteiger partial charge in [0, 0.05) is 31.4 Å². The molecule has 3 aromatic rings. The Bertz CT molecular complexity index is 1070. The minimum Gasteiger partial charge on any atom is -0.365 e. The molecule has 3 heterocycles. The van der Waals surface area contributed by atoms with Crippen LogP contribution in [0, 0.1) is 0 Å². The van der Waals surface area contributed by atoms with E-state index < -0.39 is 11.7 Å². The summed E-state index contributed by atoms with van der Waals surface area (Å²) in [6.45, 7) is 1.65. The van der Waals surface area contributed by atoms with Crippen LogP contribution in [0.4, 0.5) is 19.0 Å². The molecule has 0 saturated carbocycles. The van der Waals surface area contributed by atoms with E-state index in [0.29, 0.717) is 27.8 Å². The van der Waals surface area contributed by atoms with Gasteiger partial charge in [-0.3, -0.25) is 4.79 Å². The molecule has 1 fully saturated rings. The Balaban J connectivity index is 1.84. The molecule has 0 amide bonds. The van der Waals surface area contributed by atoms with E-state index in [1.165, 1.54) is 23.0 Å². The molecule has 9 heteroatoms. The van der Waals surface area contributed by atoms with Crippen LogP contribution in [0.3, 0.4) is 0 Å². The molecule has 1 saturated heterocycles. The summed E-state index contributed by atoms with van der Waals surface area (Å²) in [5, 5.41) is 6.85. The van der Waals surface area contributed by atoms with Gasteiger partial charge in [-0.15, -0.1) is 0 Å². The zero-order valence-corrected chi connectivity index (χ0v) is 15.0. The number of rotatable bonds is 3. The van der Waals surface area contributed by atoms with Crippen molar-refractivity contribution in [3.8, 4) is 11.1 Å². The summed E-state index contributed by atoms with van der Waals surface area (Å²) < 4.78 is 39.9. The van der Waals surface area contributed by atoms with Crippen molar-refractivity contribution in [2.75, 3.05) is 18.4 Å². The summed E-state index contributed by atoms with van der Waals surface area (Å²) in [6, 6.07) is 4.91. The van der Waals surface area contributed by atoms with Crippen molar-refractivity contribution in [3.05, 3.63) is 52.7 Å². The number of aryl methyl sites for hydroxylation is 1. The van der Waals surface area contributed by atoms with Crippen LogP contribution in [0.15, 0.2) is 41.6 Å². The van der Waals surface area contributed by atoms with E-state index in [0.717, 1.165) is 31.6 Å². The molecule has 0 unspecified atom stereocenters. The summed E-state index contributed by atoms with van der Waals surface area (Å²) in [7, 11) is 1.60. The molecule has 2 aromatic heterocycles. The van der Waals surface area contributed by atoms with E-state index in [2.05, 4.69) is 20.6 Å². The molecule has 0 aliphatic carbocycles. The van der Waals surface area contributed by atoms with Crippen LogP contribution < -0.4 is 16.2 Å². The number of hydrogen-bond donors (Lipinski definition) is 2. The molecular weight excluding hydrogens is 371 g/mol. The first-order chi connectivity index (χ1) is 13.3. The fraction of sp³-hybridized carbons (Fsp3) is 0.316. The number of nitrogens with one attached hydrogen (secondary N) is 2. The SMILES string of the molecule is Cn1cnc2c(-c3ccc(C(F)(F)F)cc3)cnc(N[C@H]3CCNC3)c2c1=O. The molecule has 1 aliphatic rings. The number of pyridine rings is 1. The number of nitrogens with zero attached hydrogens (tertiary/aromatic N) is 3. The van der Waals surface area contributed by atoms with Gasteiger partial charge < -0.3 is 15.2 Å². The Hall–Kier alpha value is -2.94. The second-order valence-electron chi connectivity index (χ2n) is 6.81. The molecule has 1 aliphatic heterocycles. The number of anilines is 1. The second kappa shape index (κ2) is 6.90. The van der Waals surface area contributed by atoms with Crippen molar-refractivity contribution in [3.63, 3.8) is 0 Å². The minimum absolute atomic E-state index is 0.150. The number of halogens is 3. The topological polar surface area (TPSA) is 71.8 Å². The summed E-state index contributed by atoms with van der Waals surface area (Å²) in [5.41, 5.74) is 0.437. The van der Waals surface area contributed by atoms with Crippen molar-refractivity contribution in [1.82, 2.24) is 19.9 Å². The Kier molecular flexibility index (Phi) is 4.54. The lowest BCUT2D eigenvalue weighted by atomic mass is 10.0. The third kappa shape index (κ3) is 3.33. The zero-order valence-electron chi connectivity index (χ0n) is 15.0. The predicted molar refractivity (Wildman–Crippen MR) is 100 cm³/mol. The predicted octanol–water partition coefficient (Wildman–Crippen LogP) is 2.79. The van der Waals surface area contributed by atoms with Crippen LogP contribution in [0.5, 0.6) is 0 Å². The van der Waals surface area contributed by atoms with Crippen molar-refractivity contribution in [2.45, 2.75) is 18.6 Å². The lowest BCUT2D eigenvalue weighted by Crippen LogP contribution is -2.25. The molecule has 6 nitrogen and oxygen atoms in total. The minimum atomic E-state index is -4.41. The van der Waals surface area contributed by atoms with E-state index in [1.807, 2.05) is 0 Å². The van der Waals surface area contributed by atoms with Gasteiger partial charge in [-0.1, -0.05) is 12.1 Å². The van der Waals surface area contributed by atoms with Crippen molar-refractivity contribution >= 4 is 16.7 Å². The lowest BCUT2D eigenvalue weighted by molar-refractivity contribution is -0.137. The Morgan fingerprint density at radius 3 is 2.61 bits per heavy atom. The first kappa shape index (κ1) is 18.4. The highest BCUT2D eigenvalue weighted by Crippen LogP contribution is 2.33. The van der Waals surface area contributed by atoms with Gasteiger partial charge in [0.2, 0.25) is 0 Å². The van der Waals surface area contributed by atoms with Gasteiger partial charge in [-0.25, -0.2) is 9.97 Å². The Morgan fingerprint density at radius 2 is 1.96 bits per heavy atom. The second-order valence-corrected chi connectivity index (χ2v) is 6.81. The molecule has 1 aromatic carbocycles. The highest BCUT2D eigenvalue weighted by atomic mass is 19.4. The van der Waals surface area contributed by atoms with Crippen LogP contribution in [-0.4, -0.2) is 33.7 Å². The van der Waals surface area contributed by atoms with Crippen LogP contribution >= 0.6 is 0 Å². The summed E-state index contributed by atoms with van der Waals surface area (Å²) >= 11 is 0. The lowest BCUT2D eigenvalue weighted by Gasteiger charge is -2.16. The number of alkyl halides is 3. The highest BCUT2D eigenvalue weighted by Gasteiger charge is 2.30. The number of hydrogen-bond acceptors (Lipinski definition) is 5. The molecule has 1 atom stereocenters. The third-order valence-corrected chi connectivity index (χ3v) is 4.87. The standard InChI is InChI=1S/C19H18F3N5O/c1-27-10-25-16-14(11-2-4-12(5-3-11)19(20,21)22)9-24-17(15(16)18(27)28)26-13-6-7-23-8-13/h2-5,9-10,13,23H,6-8H2,1H3,(H,24,26)/t13-/m0/s1. The average molecular weight is 389 g/mol. The summed E-state index contributed by atoms with van der Waals surface area (Å²) in [4.78, 5) is 21.5. The quantitative estimate of drug-likeness (QED) is 0.721. The first-order valence-electron chi connectivity index (χ1n) is 8.84. The normalized spacial score (nSPS) is 17.2. The Labute approximate surface area is 158 Å². The van der Waals surface area contributed by atoms with Gasteiger partial charge in [0.05, 0.1) is 17.4 Å². The number of benzene rings is 1. The van der Waals surface area contributed by atoms with E-state index in [-0.39, 0.29) is 11.6 Å². The summed E-state index contributed by atoms with van der Waals surface area (Å²) in [5.74, 6) is 0.438. The molecule has 28 heavy (non-hydrogen) atoms. The third-order valence-electron chi connectivity index (χ3n) is 4.87. The van der Waals surface area contributed by atoms with Gasteiger partial charge >= 0.3 is 6.18 Å². The smallest absolute Gasteiger partial charge is 0.365 e. The molecular formula is C19H18F3N5O. The fourth-order valence-corrected chi connectivity index (χ4v) is 3.34. The zero-order chi connectivity index (χ0) is 19.9. The van der Waals surface area contributed by atoms with Gasteiger partial charge in [-0.2, -0.15) is 13.2 Å². The van der Waals surface area contributed by atoms with E-state index >= 15 is 0 Å². The van der Waals surface area contributed by atoms with Gasteiger partial charge in [-0.05, 0) is 30.7 Å². The van der Waals surface area contributed by atoms with Crippen LogP contribution in [0.1, 0.15) is 12.0 Å². The maximum Gasteiger partial charge on any atom is 0.416 e. The molecule has 0 radical (unpaired) electrons. The van der Waals surface area contributed by atoms with Gasteiger partial charge in [0.15, 0.2) is 0 Å². The molecule has 4 rings (SSSR count). The van der Waals surface area contributed by atoms with Crippen molar-refractivity contribution in [1.29, 1.82) is 0 Å². The van der Waals surface area contributed by atoms with E-state index in [4.69, 9.17) is 0 Å². The largest absolute Gasteiger partial charge is 0.416 e.